The number of anilines is 1. The number of esters is 1. The van der Waals surface area contributed by atoms with Gasteiger partial charge in [-0.25, -0.2) is 9.79 Å². The zero-order chi connectivity index (χ0) is 18.6. The average Bonchev–Trinajstić information content (AvgIpc) is 3.02. The van der Waals surface area contributed by atoms with Crippen LogP contribution in [0.1, 0.15) is 33.6 Å². The van der Waals surface area contributed by atoms with E-state index in [1.807, 2.05) is 45.0 Å². The lowest BCUT2D eigenvalue weighted by atomic mass is 9.91. The fraction of sp³-hybridized carbons (Fsp3) is 0.526. The van der Waals surface area contributed by atoms with Gasteiger partial charge in [0.1, 0.15) is 11.8 Å². The minimum absolute atomic E-state index is 0.0265. The van der Waals surface area contributed by atoms with E-state index >= 15 is 0 Å². The Hall–Kier alpha value is -2.37. The van der Waals surface area contributed by atoms with E-state index < -0.39 is 0 Å². The molecule has 0 fully saturated rings. The number of benzene rings is 1. The maximum absolute atomic E-state index is 13.0. The van der Waals surface area contributed by atoms with Gasteiger partial charge >= 0.3 is 5.97 Å². The van der Waals surface area contributed by atoms with Crippen LogP contribution in [0.15, 0.2) is 24.3 Å². The van der Waals surface area contributed by atoms with Crippen molar-refractivity contribution in [3.63, 3.8) is 0 Å². The maximum atomic E-state index is 13.0. The molecule has 1 N–H and O–H groups in total. The van der Waals surface area contributed by atoms with E-state index in [9.17, 15) is 9.59 Å². The molecule has 2 rings (SSSR count). The number of hydrogen-bond donors (Lipinski definition) is 1. The highest BCUT2D eigenvalue weighted by Crippen LogP contribution is 2.28. The molecule has 1 aromatic carbocycles. The lowest BCUT2D eigenvalue weighted by molar-refractivity contribution is -0.448. The molecule has 1 aromatic rings. The molecule has 0 radical (unpaired) electrons. The number of hydrogen-bond acceptors (Lipinski definition) is 4. The largest absolute Gasteiger partial charge is 0.497 e. The minimum Gasteiger partial charge on any atom is -0.497 e. The van der Waals surface area contributed by atoms with Crippen molar-refractivity contribution in [2.24, 2.45) is 5.41 Å². The van der Waals surface area contributed by atoms with Crippen LogP contribution in [0.3, 0.4) is 0 Å². The molecule has 0 bridgehead atoms. The monoisotopic (exact) mass is 347 g/mol. The van der Waals surface area contributed by atoms with Gasteiger partial charge in [-0.15, -0.1) is 0 Å². The van der Waals surface area contributed by atoms with E-state index in [1.165, 1.54) is 7.11 Å². The van der Waals surface area contributed by atoms with Crippen molar-refractivity contribution in [2.45, 2.75) is 39.7 Å². The first-order valence-electron chi connectivity index (χ1n) is 8.39. The molecule has 0 aliphatic carbocycles. The third-order valence-corrected chi connectivity index (χ3v) is 4.07. The van der Waals surface area contributed by atoms with Crippen molar-refractivity contribution in [3.8, 4) is 5.75 Å². The second-order valence-electron chi connectivity index (χ2n) is 7.41. The smallest absolute Gasteiger partial charge is 0.398 e. The zero-order valence-electron chi connectivity index (χ0n) is 15.6. The molecule has 0 spiro atoms. The standard InChI is InChI=1S/C19H26N2O4/c1-19(2,3)11-17(22)21(13-7-6-8-15(9-13)24-4)14-10-16(20-12-14)18(23)25-5/h6-9,14H,10-12H2,1-5H3/p+1/t14-/m0/s1. The van der Waals surface area contributed by atoms with Gasteiger partial charge in [-0.3, -0.25) is 4.79 Å². The topological polar surface area (TPSA) is 69.8 Å². The van der Waals surface area contributed by atoms with Gasteiger partial charge in [-0.1, -0.05) is 26.8 Å². The maximum Gasteiger partial charge on any atom is 0.398 e. The predicted octanol–water partition coefficient (Wildman–Crippen LogP) is 0.931. The van der Waals surface area contributed by atoms with Crippen LogP contribution in [0.4, 0.5) is 5.69 Å². The van der Waals surface area contributed by atoms with Crippen molar-refractivity contribution < 1.29 is 24.1 Å². The molecule has 0 saturated heterocycles. The van der Waals surface area contributed by atoms with E-state index in [-0.39, 0.29) is 23.3 Å². The molecule has 0 unspecified atom stereocenters. The average molecular weight is 347 g/mol. The summed E-state index contributed by atoms with van der Waals surface area (Å²) < 4.78 is 10.1. The van der Waals surface area contributed by atoms with E-state index in [0.717, 1.165) is 5.69 Å². The molecule has 1 atom stereocenters. The van der Waals surface area contributed by atoms with E-state index in [4.69, 9.17) is 9.47 Å². The molecule has 1 aliphatic rings. The molecular formula is C19H27N2O4+. The van der Waals surface area contributed by atoms with E-state index in [1.54, 1.807) is 12.0 Å². The summed E-state index contributed by atoms with van der Waals surface area (Å²) in [6.45, 7) is 6.62. The number of methoxy groups -OCH3 is 2. The van der Waals surface area contributed by atoms with Crippen LogP contribution in [-0.2, 0) is 14.3 Å². The Balaban J connectivity index is 2.30. The minimum atomic E-state index is -0.378. The molecule has 1 amide bonds. The lowest BCUT2D eigenvalue weighted by Gasteiger charge is -2.30. The summed E-state index contributed by atoms with van der Waals surface area (Å²) in [7, 11) is 2.95. The Morgan fingerprint density at radius 3 is 2.60 bits per heavy atom. The summed E-state index contributed by atoms with van der Waals surface area (Å²) in [5, 5.41) is 0. The van der Waals surface area contributed by atoms with Crippen LogP contribution in [0.2, 0.25) is 0 Å². The Morgan fingerprint density at radius 2 is 2.00 bits per heavy atom. The van der Waals surface area contributed by atoms with Gasteiger partial charge in [0.25, 0.3) is 5.71 Å². The zero-order valence-corrected chi connectivity index (χ0v) is 15.6. The summed E-state index contributed by atoms with van der Waals surface area (Å²) in [6.07, 6.45) is 0.855. The van der Waals surface area contributed by atoms with Crippen molar-refractivity contribution >= 4 is 23.3 Å². The summed E-state index contributed by atoms with van der Waals surface area (Å²) in [5.74, 6) is 0.337. The molecule has 1 heterocycles. The lowest BCUT2D eigenvalue weighted by Crippen LogP contribution is -2.73. The van der Waals surface area contributed by atoms with Crippen LogP contribution in [-0.4, -0.2) is 44.4 Å². The first kappa shape index (κ1) is 19.0. The van der Waals surface area contributed by atoms with Crippen molar-refractivity contribution in [1.82, 2.24) is 0 Å². The van der Waals surface area contributed by atoms with Gasteiger partial charge in [0, 0.05) is 18.2 Å². The summed E-state index contributed by atoms with van der Waals surface area (Å²) in [6, 6.07) is 7.29. The number of amides is 1. The first-order chi connectivity index (χ1) is 11.7. The van der Waals surface area contributed by atoms with Gasteiger partial charge in [0.2, 0.25) is 5.91 Å². The SMILES string of the molecule is COC(=O)C1=[NH+]C[C@@H](N(C(=O)CC(C)(C)C)c2cccc(OC)c2)C1. The molecule has 1 aliphatic heterocycles. The summed E-state index contributed by atoms with van der Waals surface area (Å²) in [4.78, 5) is 29.6. The fourth-order valence-corrected chi connectivity index (χ4v) is 2.94. The Bertz CT molecular complexity index is 676. The Labute approximate surface area is 148 Å². The highest BCUT2D eigenvalue weighted by molar-refractivity contribution is 6.34. The number of nitrogens with one attached hydrogen (secondary N) is 1. The number of ether oxygens (including phenoxy) is 2. The fourth-order valence-electron chi connectivity index (χ4n) is 2.94. The van der Waals surface area contributed by atoms with Crippen LogP contribution >= 0.6 is 0 Å². The molecule has 136 valence electrons. The number of carbonyl (C=O) groups is 2. The quantitative estimate of drug-likeness (QED) is 0.805. The highest BCUT2D eigenvalue weighted by Gasteiger charge is 2.38. The van der Waals surface area contributed by atoms with Crippen LogP contribution < -0.4 is 14.6 Å². The van der Waals surface area contributed by atoms with Gasteiger partial charge in [-0.05, 0) is 17.5 Å². The molecule has 25 heavy (non-hydrogen) atoms. The first-order valence-corrected chi connectivity index (χ1v) is 8.39. The van der Waals surface area contributed by atoms with Crippen LogP contribution in [0.25, 0.3) is 0 Å². The normalized spacial score (nSPS) is 17.0. The Kier molecular flexibility index (Phi) is 5.82. The Morgan fingerprint density at radius 1 is 1.28 bits per heavy atom. The summed E-state index contributed by atoms with van der Waals surface area (Å²) >= 11 is 0. The number of rotatable bonds is 5. The molecule has 0 saturated carbocycles. The van der Waals surface area contributed by atoms with Gasteiger partial charge < -0.3 is 14.4 Å². The van der Waals surface area contributed by atoms with Crippen molar-refractivity contribution in [1.29, 1.82) is 0 Å². The molecular weight excluding hydrogens is 320 g/mol. The van der Waals surface area contributed by atoms with E-state index in [2.05, 4.69) is 4.99 Å². The summed E-state index contributed by atoms with van der Waals surface area (Å²) in [5.41, 5.74) is 1.14. The van der Waals surface area contributed by atoms with Gasteiger partial charge in [0.15, 0.2) is 6.54 Å². The van der Waals surface area contributed by atoms with Gasteiger partial charge in [-0.2, -0.15) is 0 Å². The number of nitrogens with zero attached hydrogens (tertiary/aromatic N) is 1. The van der Waals surface area contributed by atoms with Crippen molar-refractivity contribution in [2.75, 3.05) is 25.7 Å². The predicted molar refractivity (Wildman–Crippen MR) is 95.8 cm³/mol. The van der Waals surface area contributed by atoms with Gasteiger partial charge in [0.05, 0.1) is 20.6 Å². The molecule has 6 heteroatoms. The molecule has 0 aromatic heterocycles. The van der Waals surface area contributed by atoms with E-state index in [0.29, 0.717) is 30.8 Å². The van der Waals surface area contributed by atoms with Crippen LogP contribution in [0.5, 0.6) is 5.75 Å². The number of carbonyl (C=O) groups excluding carboxylic acids is 2. The highest BCUT2D eigenvalue weighted by atomic mass is 16.5. The third-order valence-electron chi connectivity index (χ3n) is 4.07. The second kappa shape index (κ2) is 7.68. The van der Waals surface area contributed by atoms with Crippen LogP contribution in [0, 0.1) is 5.41 Å². The molecule has 6 nitrogen and oxygen atoms in total. The third kappa shape index (κ3) is 4.81. The second-order valence-corrected chi connectivity index (χ2v) is 7.41. The van der Waals surface area contributed by atoms with Crippen molar-refractivity contribution in [3.05, 3.63) is 24.3 Å².